The summed E-state index contributed by atoms with van der Waals surface area (Å²) in [4.78, 5) is 37.8. The number of nitrogens with one attached hydrogen (secondary N) is 3. The number of carboxylic acid groups (broad SMARTS) is 1. The van der Waals surface area contributed by atoms with Crippen molar-refractivity contribution in [2.45, 2.75) is 39.7 Å². The third-order valence-corrected chi connectivity index (χ3v) is 5.28. The van der Waals surface area contributed by atoms with Crippen LogP contribution in [0.25, 0.3) is 0 Å². The molecule has 4 N–H and O–H groups in total. The first-order valence-electron chi connectivity index (χ1n) is 10.1. The molecule has 0 bridgehead atoms. The first-order valence-corrected chi connectivity index (χ1v) is 10.1. The molecule has 2 aromatic rings. The number of aryl methyl sites for hydroxylation is 2. The molecule has 0 unspecified atom stereocenters. The van der Waals surface area contributed by atoms with Crippen molar-refractivity contribution in [2.24, 2.45) is 7.05 Å². The molecule has 1 aliphatic rings. The molecule has 0 aliphatic heterocycles. The molecule has 0 spiro atoms. The Kier molecular flexibility index (Phi) is 6.14. The van der Waals surface area contributed by atoms with Gasteiger partial charge in [-0.15, -0.1) is 0 Å². The molecular formula is C22H27N5O4. The molecule has 164 valence electrons. The maximum absolute atomic E-state index is 12.5. The minimum Gasteiger partial charge on any atom is -0.464 e. The van der Waals surface area contributed by atoms with E-state index in [1.807, 2.05) is 0 Å². The maximum atomic E-state index is 12.5. The lowest BCUT2D eigenvalue weighted by Crippen LogP contribution is -2.38. The third-order valence-electron chi connectivity index (χ3n) is 5.28. The fraction of sp³-hybridized carbons (Fsp3) is 0.364. The summed E-state index contributed by atoms with van der Waals surface area (Å²) >= 11 is 0. The predicted octanol–water partition coefficient (Wildman–Crippen LogP) is 2.79. The highest BCUT2D eigenvalue weighted by Gasteiger charge is 2.29. The van der Waals surface area contributed by atoms with Gasteiger partial charge in [0, 0.05) is 31.4 Å². The van der Waals surface area contributed by atoms with Crippen LogP contribution in [0.4, 0.5) is 10.5 Å². The van der Waals surface area contributed by atoms with Crippen LogP contribution in [-0.4, -0.2) is 46.0 Å². The molecule has 1 heterocycles. The monoisotopic (exact) mass is 425 g/mol. The zero-order chi connectivity index (χ0) is 22.9. The van der Waals surface area contributed by atoms with Crippen LogP contribution in [0.2, 0.25) is 0 Å². The summed E-state index contributed by atoms with van der Waals surface area (Å²) in [6.07, 6.45) is 2.11. The third kappa shape index (κ3) is 4.45. The summed E-state index contributed by atoms with van der Waals surface area (Å²) in [6.45, 7) is 5.66. The highest BCUT2D eigenvalue weighted by atomic mass is 16.4. The standard InChI is InChI=1S/C22H27N5O4/c1-5-24-21(29)16-11-26(4)18(13(16)3)19(23)27(22(30)31)17-10-14(7-6-12(17)2)20(28)25-15-8-9-15/h6-7,10-11,15,23H,5,8-9H2,1-4H3,(H,24,29)(H,25,28)(H,30,31). The van der Waals surface area contributed by atoms with Gasteiger partial charge in [0.25, 0.3) is 11.8 Å². The van der Waals surface area contributed by atoms with E-state index in [2.05, 4.69) is 10.6 Å². The fourth-order valence-electron chi connectivity index (χ4n) is 3.49. The number of hydrogen-bond acceptors (Lipinski definition) is 4. The van der Waals surface area contributed by atoms with Crippen molar-refractivity contribution in [2.75, 3.05) is 11.4 Å². The fourth-order valence-corrected chi connectivity index (χ4v) is 3.49. The maximum Gasteiger partial charge on any atom is 0.417 e. The number of carbonyl (C=O) groups excluding carboxylic acids is 2. The van der Waals surface area contributed by atoms with E-state index in [9.17, 15) is 19.5 Å². The molecule has 0 radical (unpaired) electrons. The largest absolute Gasteiger partial charge is 0.464 e. The number of amides is 3. The minimum atomic E-state index is -1.35. The minimum absolute atomic E-state index is 0.171. The summed E-state index contributed by atoms with van der Waals surface area (Å²) < 4.78 is 1.57. The average molecular weight is 425 g/mol. The molecule has 1 aliphatic carbocycles. The van der Waals surface area contributed by atoms with Crippen LogP contribution in [-0.2, 0) is 7.05 Å². The van der Waals surface area contributed by atoms with E-state index in [-0.39, 0.29) is 29.4 Å². The normalized spacial score (nSPS) is 12.9. The zero-order valence-electron chi connectivity index (χ0n) is 18.1. The first kappa shape index (κ1) is 22.1. The van der Waals surface area contributed by atoms with Gasteiger partial charge < -0.3 is 20.3 Å². The molecular weight excluding hydrogens is 398 g/mol. The van der Waals surface area contributed by atoms with Crippen LogP contribution in [0.1, 0.15) is 57.3 Å². The molecule has 0 atom stereocenters. The van der Waals surface area contributed by atoms with E-state index in [0.717, 1.165) is 17.7 Å². The van der Waals surface area contributed by atoms with Crippen molar-refractivity contribution in [3.05, 3.63) is 52.3 Å². The highest BCUT2D eigenvalue weighted by Crippen LogP contribution is 2.27. The summed E-state index contributed by atoms with van der Waals surface area (Å²) in [7, 11) is 1.66. The molecule has 0 saturated heterocycles. The average Bonchev–Trinajstić information content (AvgIpc) is 3.46. The van der Waals surface area contributed by atoms with Gasteiger partial charge in [-0.2, -0.15) is 0 Å². The van der Waals surface area contributed by atoms with E-state index in [0.29, 0.717) is 34.5 Å². The van der Waals surface area contributed by atoms with Crippen LogP contribution in [0, 0.1) is 19.3 Å². The number of hydrogen-bond donors (Lipinski definition) is 4. The number of anilines is 1. The van der Waals surface area contributed by atoms with Crippen LogP contribution in [0.5, 0.6) is 0 Å². The second kappa shape index (κ2) is 8.63. The van der Waals surface area contributed by atoms with Gasteiger partial charge in [-0.1, -0.05) is 6.07 Å². The number of nitrogens with zero attached hydrogens (tertiary/aromatic N) is 2. The molecule has 9 nitrogen and oxygen atoms in total. The Labute approximate surface area is 180 Å². The van der Waals surface area contributed by atoms with Crippen LogP contribution < -0.4 is 15.5 Å². The Hall–Kier alpha value is -3.62. The Morgan fingerprint density at radius 3 is 2.48 bits per heavy atom. The highest BCUT2D eigenvalue weighted by molar-refractivity contribution is 6.21. The first-order chi connectivity index (χ1) is 14.6. The number of rotatable bonds is 6. The zero-order valence-corrected chi connectivity index (χ0v) is 18.1. The summed E-state index contributed by atoms with van der Waals surface area (Å²) in [5.41, 5.74) is 2.34. The van der Waals surface area contributed by atoms with Gasteiger partial charge in [-0.3, -0.25) is 15.0 Å². The lowest BCUT2D eigenvalue weighted by molar-refractivity contribution is 0.0944. The number of benzene rings is 1. The summed E-state index contributed by atoms with van der Waals surface area (Å²) in [5.74, 6) is -0.855. The molecule has 3 amide bonds. The van der Waals surface area contributed by atoms with Gasteiger partial charge in [0.05, 0.1) is 16.9 Å². The van der Waals surface area contributed by atoms with Crippen molar-refractivity contribution in [1.82, 2.24) is 15.2 Å². The Morgan fingerprint density at radius 2 is 1.90 bits per heavy atom. The van der Waals surface area contributed by atoms with E-state index in [1.165, 1.54) is 6.07 Å². The van der Waals surface area contributed by atoms with Crippen molar-refractivity contribution in [1.29, 1.82) is 5.41 Å². The number of carbonyl (C=O) groups is 3. The molecule has 3 rings (SSSR count). The predicted molar refractivity (Wildman–Crippen MR) is 117 cm³/mol. The van der Waals surface area contributed by atoms with Gasteiger partial charge in [0.2, 0.25) is 0 Å². The molecule has 1 aromatic carbocycles. The molecule has 1 aromatic heterocycles. The van der Waals surface area contributed by atoms with Crippen molar-refractivity contribution in [3.8, 4) is 0 Å². The number of amidine groups is 1. The van der Waals surface area contributed by atoms with E-state index < -0.39 is 6.09 Å². The Morgan fingerprint density at radius 1 is 1.23 bits per heavy atom. The van der Waals surface area contributed by atoms with E-state index in [4.69, 9.17) is 5.41 Å². The topological polar surface area (TPSA) is 128 Å². The lowest BCUT2D eigenvalue weighted by atomic mass is 10.1. The summed E-state index contributed by atoms with van der Waals surface area (Å²) in [6, 6.07) is 4.96. The van der Waals surface area contributed by atoms with Crippen LogP contribution in [0.3, 0.4) is 0 Å². The molecule has 1 fully saturated rings. The summed E-state index contributed by atoms with van der Waals surface area (Å²) in [5, 5.41) is 24.2. The second-order valence-corrected chi connectivity index (χ2v) is 7.70. The molecule has 1 saturated carbocycles. The van der Waals surface area contributed by atoms with Crippen molar-refractivity contribution >= 4 is 29.4 Å². The molecule has 31 heavy (non-hydrogen) atoms. The van der Waals surface area contributed by atoms with E-state index >= 15 is 0 Å². The van der Waals surface area contributed by atoms with E-state index in [1.54, 1.807) is 50.7 Å². The van der Waals surface area contributed by atoms with Gasteiger partial charge in [-0.25, -0.2) is 9.69 Å². The van der Waals surface area contributed by atoms with Gasteiger partial charge in [0.15, 0.2) is 5.84 Å². The Bertz CT molecular complexity index is 1070. The van der Waals surface area contributed by atoms with Gasteiger partial charge >= 0.3 is 6.09 Å². The lowest BCUT2D eigenvalue weighted by Gasteiger charge is -2.23. The Balaban J connectivity index is 2.01. The molecule has 9 heteroatoms. The quantitative estimate of drug-likeness (QED) is 0.419. The second-order valence-electron chi connectivity index (χ2n) is 7.70. The van der Waals surface area contributed by atoms with Crippen LogP contribution >= 0.6 is 0 Å². The van der Waals surface area contributed by atoms with Crippen LogP contribution in [0.15, 0.2) is 24.4 Å². The van der Waals surface area contributed by atoms with Gasteiger partial charge in [0.1, 0.15) is 0 Å². The SMILES string of the molecule is CCNC(=O)c1cn(C)c(C(=N)N(C(=O)O)c2cc(C(=O)NC3CC3)ccc2C)c1C. The van der Waals surface area contributed by atoms with Crippen molar-refractivity contribution < 1.29 is 19.5 Å². The van der Waals surface area contributed by atoms with Crippen molar-refractivity contribution in [3.63, 3.8) is 0 Å². The smallest absolute Gasteiger partial charge is 0.417 e. The number of aromatic nitrogens is 1. The van der Waals surface area contributed by atoms with Gasteiger partial charge in [-0.05, 0) is 56.9 Å².